The van der Waals surface area contributed by atoms with Crippen molar-refractivity contribution in [2.24, 2.45) is 0 Å². The minimum atomic E-state index is -1.51. The van der Waals surface area contributed by atoms with Gasteiger partial charge in [-0.15, -0.1) is 0 Å². The fraction of sp³-hybridized carbons (Fsp3) is 0.250. The van der Waals surface area contributed by atoms with Gasteiger partial charge in [-0.2, -0.15) is 5.10 Å². The largest absolute Gasteiger partial charge is 0.382 e. The second-order valence-corrected chi connectivity index (χ2v) is 5.20. The maximum atomic E-state index is 13.8. The molecule has 0 fully saturated rings. The van der Waals surface area contributed by atoms with Crippen molar-refractivity contribution in [2.45, 2.75) is 19.6 Å². The second kappa shape index (κ2) is 5.56. The Morgan fingerprint density at radius 2 is 2.00 bits per heavy atom. The third kappa shape index (κ3) is 2.66. The number of hydrogen-bond acceptors (Lipinski definition) is 2. The summed E-state index contributed by atoms with van der Waals surface area (Å²) in [6.45, 7) is 2.22. The van der Waals surface area contributed by atoms with E-state index >= 15 is 0 Å². The van der Waals surface area contributed by atoms with Crippen LogP contribution in [-0.2, 0) is 6.54 Å². The van der Waals surface area contributed by atoms with E-state index < -0.39 is 23.3 Å². The average Bonchev–Trinajstić information content (AvgIpc) is 2.68. The Labute approximate surface area is 121 Å². The van der Waals surface area contributed by atoms with E-state index in [4.69, 9.17) is 11.6 Å². The van der Waals surface area contributed by atoms with Crippen LogP contribution in [0.1, 0.15) is 24.3 Å². The highest BCUT2D eigenvalue weighted by molar-refractivity contribution is 9.10. The zero-order valence-electron chi connectivity index (χ0n) is 9.87. The van der Waals surface area contributed by atoms with Crippen molar-refractivity contribution >= 4 is 27.5 Å². The first-order valence-electron chi connectivity index (χ1n) is 5.49. The first kappa shape index (κ1) is 14.4. The van der Waals surface area contributed by atoms with Crippen LogP contribution >= 0.6 is 27.5 Å². The van der Waals surface area contributed by atoms with Crippen molar-refractivity contribution in [1.29, 1.82) is 0 Å². The molecule has 1 atom stereocenters. The summed E-state index contributed by atoms with van der Waals surface area (Å²) >= 11 is 8.89. The number of benzene rings is 1. The SMILES string of the molecule is CCn1ncc(Cl)c1C(O)c1c(F)cc(Br)cc1F. The molecule has 0 spiro atoms. The Morgan fingerprint density at radius 1 is 1.42 bits per heavy atom. The van der Waals surface area contributed by atoms with E-state index in [-0.39, 0.29) is 15.2 Å². The smallest absolute Gasteiger partial charge is 0.133 e. The first-order chi connectivity index (χ1) is 8.95. The molecule has 0 aliphatic carbocycles. The molecule has 1 unspecified atom stereocenters. The molecule has 0 aliphatic rings. The van der Waals surface area contributed by atoms with Crippen LogP contribution in [0.2, 0.25) is 5.02 Å². The highest BCUT2D eigenvalue weighted by atomic mass is 79.9. The number of aliphatic hydroxyl groups is 1. The lowest BCUT2D eigenvalue weighted by Crippen LogP contribution is -2.12. The fourth-order valence-corrected chi connectivity index (χ4v) is 2.49. The Kier molecular flexibility index (Phi) is 4.23. The van der Waals surface area contributed by atoms with Gasteiger partial charge in [-0.3, -0.25) is 4.68 Å². The van der Waals surface area contributed by atoms with E-state index in [9.17, 15) is 13.9 Å². The molecule has 1 aromatic carbocycles. The van der Waals surface area contributed by atoms with Crippen LogP contribution in [0.25, 0.3) is 0 Å². The molecule has 1 heterocycles. The van der Waals surface area contributed by atoms with Gasteiger partial charge in [0.25, 0.3) is 0 Å². The topological polar surface area (TPSA) is 38.0 Å². The van der Waals surface area contributed by atoms with Crippen molar-refractivity contribution in [3.63, 3.8) is 0 Å². The molecule has 102 valence electrons. The number of halogens is 4. The summed E-state index contributed by atoms with van der Waals surface area (Å²) in [6, 6.07) is 2.17. The second-order valence-electron chi connectivity index (χ2n) is 3.88. The molecule has 3 nitrogen and oxygen atoms in total. The van der Waals surface area contributed by atoms with Crippen LogP contribution in [-0.4, -0.2) is 14.9 Å². The van der Waals surface area contributed by atoms with Gasteiger partial charge in [0.2, 0.25) is 0 Å². The lowest BCUT2D eigenvalue weighted by Gasteiger charge is -2.15. The normalized spacial score (nSPS) is 12.7. The molecule has 1 aromatic heterocycles. The van der Waals surface area contributed by atoms with E-state index in [1.54, 1.807) is 6.92 Å². The van der Waals surface area contributed by atoms with Gasteiger partial charge in [-0.05, 0) is 19.1 Å². The molecule has 0 saturated heterocycles. The van der Waals surface area contributed by atoms with Gasteiger partial charge in [0, 0.05) is 11.0 Å². The standard InChI is InChI=1S/C12H10BrClF2N2O/c1-2-18-11(7(14)5-17-18)12(19)10-8(15)3-6(13)4-9(10)16/h3-5,12,19H,2H2,1H3. The summed E-state index contributed by atoms with van der Waals surface area (Å²) in [5.74, 6) is -1.70. The van der Waals surface area contributed by atoms with E-state index in [1.165, 1.54) is 10.9 Å². The molecule has 0 aliphatic heterocycles. The molecule has 2 aromatic rings. The van der Waals surface area contributed by atoms with Crippen molar-refractivity contribution in [3.8, 4) is 0 Å². The van der Waals surface area contributed by atoms with Crippen molar-refractivity contribution < 1.29 is 13.9 Å². The summed E-state index contributed by atoms with van der Waals surface area (Å²) in [5, 5.41) is 14.3. The van der Waals surface area contributed by atoms with E-state index in [0.29, 0.717) is 6.54 Å². The van der Waals surface area contributed by atoms with Crippen molar-refractivity contribution in [2.75, 3.05) is 0 Å². The third-order valence-corrected chi connectivity index (χ3v) is 3.46. The van der Waals surface area contributed by atoms with Crippen molar-refractivity contribution in [1.82, 2.24) is 9.78 Å². The highest BCUT2D eigenvalue weighted by Crippen LogP contribution is 2.32. The van der Waals surface area contributed by atoms with Crippen LogP contribution < -0.4 is 0 Å². The molecule has 0 saturated carbocycles. The van der Waals surface area contributed by atoms with Gasteiger partial charge in [-0.25, -0.2) is 8.78 Å². The molecule has 19 heavy (non-hydrogen) atoms. The monoisotopic (exact) mass is 350 g/mol. The Hall–Kier alpha value is -0.980. The predicted molar refractivity (Wildman–Crippen MR) is 71.0 cm³/mol. The van der Waals surface area contributed by atoms with Crippen LogP contribution in [0.5, 0.6) is 0 Å². The van der Waals surface area contributed by atoms with Crippen molar-refractivity contribution in [3.05, 3.63) is 50.7 Å². The maximum absolute atomic E-state index is 13.8. The molecule has 0 amide bonds. The number of aryl methyl sites for hydroxylation is 1. The first-order valence-corrected chi connectivity index (χ1v) is 6.66. The molecule has 0 bridgehead atoms. The Bertz CT molecular complexity index is 595. The Balaban J connectivity index is 2.56. The van der Waals surface area contributed by atoms with E-state index in [2.05, 4.69) is 21.0 Å². The number of rotatable bonds is 3. The number of hydrogen-bond donors (Lipinski definition) is 1. The summed E-state index contributed by atoms with van der Waals surface area (Å²) in [7, 11) is 0. The van der Waals surface area contributed by atoms with E-state index in [0.717, 1.165) is 12.1 Å². The van der Waals surface area contributed by atoms with Gasteiger partial charge in [0.15, 0.2) is 0 Å². The van der Waals surface area contributed by atoms with Gasteiger partial charge in [0.1, 0.15) is 17.7 Å². The fourth-order valence-electron chi connectivity index (χ4n) is 1.85. The maximum Gasteiger partial charge on any atom is 0.133 e. The molecule has 7 heteroatoms. The minimum Gasteiger partial charge on any atom is -0.382 e. The van der Waals surface area contributed by atoms with Crippen LogP contribution in [0.3, 0.4) is 0 Å². The predicted octanol–water partition coefficient (Wildman–Crippen LogP) is 3.68. The van der Waals surface area contributed by atoms with E-state index in [1.807, 2.05) is 0 Å². The van der Waals surface area contributed by atoms with Crippen LogP contribution in [0.15, 0.2) is 22.8 Å². The van der Waals surface area contributed by atoms with Gasteiger partial charge < -0.3 is 5.11 Å². The molecular weight excluding hydrogens is 341 g/mol. The van der Waals surface area contributed by atoms with Gasteiger partial charge in [-0.1, -0.05) is 27.5 Å². The van der Waals surface area contributed by atoms with Gasteiger partial charge >= 0.3 is 0 Å². The molecule has 2 rings (SSSR count). The molecule has 1 N–H and O–H groups in total. The lowest BCUT2D eigenvalue weighted by atomic mass is 10.1. The third-order valence-electron chi connectivity index (χ3n) is 2.71. The summed E-state index contributed by atoms with van der Waals surface area (Å²) < 4.78 is 29.3. The van der Waals surface area contributed by atoms with Crippen LogP contribution in [0, 0.1) is 11.6 Å². The lowest BCUT2D eigenvalue weighted by molar-refractivity contribution is 0.197. The summed E-state index contributed by atoms with van der Waals surface area (Å²) in [6.07, 6.45) is -0.179. The van der Waals surface area contributed by atoms with Crippen LogP contribution in [0.4, 0.5) is 8.78 Å². The Morgan fingerprint density at radius 3 is 2.53 bits per heavy atom. The number of aliphatic hydroxyl groups excluding tert-OH is 1. The quantitative estimate of drug-likeness (QED) is 0.916. The summed E-state index contributed by atoms with van der Waals surface area (Å²) in [5.41, 5.74) is -0.274. The molecular formula is C12H10BrClF2N2O. The summed E-state index contributed by atoms with van der Waals surface area (Å²) in [4.78, 5) is 0. The van der Waals surface area contributed by atoms with Gasteiger partial charge in [0.05, 0.1) is 22.5 Å². The zero-order valence-corrected chi connectivity index (χ0v) is 12.2. The average molecular weight is 352 g/mol. The number of aromatic nitrogens is 2. The molecule has 0 radical (unpaired) electrons. The zero-order chi connectivity index (χ0) is 14.2. The minimum absolute atomic E-state index is 0.163. The number of nitrogens with zero attached hydrogens (tertiary/aromatic N) is 2. The highest BCUT2D eigenvalue weighted by Gasteiger charge is 2.25.